The smallest absolute Gasteiger partial charge is 0.242 e. The SMILES string of the molecule is CCCCNC(=O)[C@H](CC)N(Cc1cccc(C)c1)C(=O)CSCc1ccccc1C. The summed E-state index contributed by atoms with van der Waals surface area (Å²) in [6.07, 6.45) is 2.57. The van der Waals surface area contributed by atoms with Gasteiger partial charge in [-0.05, 0) is 43.4 Å². The van der Waals surface area contributed by atoms with Gasteiger partial charge in [-0.25, -0.2) is 0 Å². The molecule has 4 nitrogen and oxygen atoms in total. The van der Waals surface area contributed by atoms with Crippen molar-refractivity contribution in [3.8, 4) is 0 Å². The van der Waals surface area contributed by atoms with Crippen LogP contribution >= 0.6 is 11.8 Å². The number of hydrogen-bond donors (Lipinski definition) is 1. The van der Waals surface area contributed by atoms with Gasteiger partial charge in [0.15, 0.2) is 0 Å². The van der Waals surface area contributed by atoms with Crippen LogP contribution in [-0.4, -0.2) is 35.1 Å². The van der Waals surface area contributed by atoms with Crippen molar-refractivity contribution < 1.29 is 9.59 Å². The van der Waals surface area contributed by atoms with E-state index in [4.69, 9.17) is 0 Å². The Kier molecular flexibility index (Phi) is 10.6. The Morgan fingerprint density at radius 1 is 1.06 bits per heavy atom. The summed E-state index contributed by atoms with van der Waals surface area (Å²) in [6, 6.07) is 16.0. The van der Waals surface area contributed by atoms with E-state index in [2.05, 4.69) is 37.4 Å². The maximum atomic E-state index is 13.3. The molecule has 0 saturated heterocycles. The standard InChI is InChI=1S/C26H36N2O2S/c1-5-7-15-27-26(30)24(6-2)28(17-22-13-10-11-20(3)16-22)25(29)19-31-18-23-14-9-8-12-21(23)4/h8-14,16,24H,5-7,15,17-19H2,1-4H3,(H,27,30)/t24-/m0/s1. The van der Waals surface area contributed by atoms with E-state index in [-0.39, 0.29) is 11.8 Å². The second-order valence-corrected chi connectivity index (χ2v) is 8.98. The van der Waals surface area contributed by atoms with E-state index in [1.165, 1.54) is 11.1 Å². The largest absolute Gasteiger partial charge is 0.354 e. The topological polar surface area (TPSA) is 49.4 Å². The number of carbonyl (C=O) groups excluding carboxylic acids is 2. The van der Waals surface area contributed by atoms with Crippen LogP contribution < -0.4 is 5.32 Å². The fourth-order valence-electron chi connectivity index (χ4n) is 3.54. The molecular weight excluding hydrogens is 404 g/mol. The van der Waals surface area contributed by atoms with E-state index in [0.29, 0.717) is 25.3 Å². The molecule has 2 aromatic rings. The Morgan fingerprint density at radius 2 is 1.84 bits per heavy atom. The third-order valence-electron chi connectivity index (χ3n) is 5.40. The first-order chi connectivity index (χ1) is 15.0. The molecule has 0 aliphatic heterocycles. The quantitative estimate of drug-likeness (QED) is 0.458. The molecule has 0 radical (unpaired) electrons. The summed E-state index contributed by atoms with van der Waals surface area (Å²) >= 11 is 1.61. The number of nitrogens with zero attached hydrogens (tertiary/aromatic N) is 1. The summed E-state index contributed by atoms with van der Waals surface area (Å²) < 4.78 is 0. The molecule has 2 aromatic carbocycles. The molecule has 2 amide bonds. The number of aryl methyl sites for hydroxylation is 2. The van der Waals surface area contributed by atoms with Crippen molar-refractivity contribution in [2.75, 3.05) is 12.3 Å². The van der Waals surface area contributed by atoms with Crippen LogP contribution in [-0.2, 0) is 21.9 Å². The van der Waals surface area contributed by atoms with Gasteiger partial charge in [-0.15, -0.1) is 11.8 Å². The highest BCUT2D eigenvalue weighted by atomic mass is 32.2. The lowest BCUT2D eigenvalue weighted by atomic mass is 10.1. The first-order valence-corrected chi connectivity index (χ1v) is 12.4. The van der Waals surface area contributed by atoms with Gasteiger partial charge < -0.3 is 10.2 Å². The van der Waals surface area contributed by atoms with Crippen LogP contribution in [0.25, 0.3) is 0 Å². The van der Waals surface area contributed by atoms with E-state index in [1.54, 1.807) is 16.7 Å². The van der Waals surface area contributed by atoms with Crippen LogP contribution in [0.3, 0.4) is 0 Å². The van der Waals surface area contributed by atoms with Gasteiger partial charge in [-0.3, -0.25) is 9.59 Å². The van der Waals surface area contributed by atoms with Gasteiger partial charge in [0.1, 0.15) is 6.04 Å². The van der Waals surface area contributed by atoms with Crippen LogP contribution in [0, 0.1) is 13.8 Å². The number of carbonyl (C=O) groups is 2. The maximum absolute atomic E-state index is 13.3. The van der Waals surface area contributed by atoms with Crippen molar-refractivity contribution >= 4 is 23.6 Å². The number of benzene rings is 2. The van der Waals surface area contributed by atoms with Crippen molar-refractivity contribution in [3.63, 3.8) is 0 Å². The van der Waals surface area contributed by atoms with E-state index < -0.39 is 6.04 Å². The molecule has 1 N–H and O–H groups in total. The lowest BCUT2D eigenvalue weighted by Gasteiger charge is -2.30. The van der Waals surface area contributed by atoms with Gasteiger partial charge in [0.05, 0.1) is 5.75 Å². The lowest BCUT2D eigenvalue weighted by molar-refractivity contribution is -0.139. The van der Waals surface area contributed by atoms with Crippen LogP contribution in [0.15, 0.2) is 48.5 Å². The van der Waals surface area contributed by atoms with Crippen LogP contribution in [0.5, 0.6) is 0 Å². The molecular formula is C26H36N2O2S. The molecule has 0 aliphatic carbocycles. The highest BCUT2D eigenvalue weighted by Crippen LogP contribution is 2.19. The Balaban J connectivity index is 2.11. The Bertz CT molecular complexity index is 853. The summed E-state index contributed by atoms with van der Waals surface area (Å²) in [5.74, 6) is 1.10. The zero-order valence-corrected chi connectivity index (χ0v) is 20.1. The third-order valence-corrected chi connectivity index (χ3v) is 6.36. The predicted molar refractivity (Wildman–Crippen MR) is 131 cm³/mol. The first kappa shape index (κ1) is 25.0. The minimum Gasteiger partial charge on any atom is -0.354 e. The summed E-state index contributed by atoms with van der Waals surface area (Å²) in [5.41, 5.74) is 4.69. The van der Waals surface area contributed by atoms with Crippen molar-refractivity contribution in [2.24, 2.45) is 0 Å². The maximum Gasteiger partial charge on any atom is 0.242 e. The predicted octanol–water partition coefficient (Wildman–Crippen LogP) is 5.26. The molecule has 1 atom stereocenters. The number of hydrogen-bond acceptors (Lipinski definition) is 3. The average Bonchev–Trinajstić information content (AvgIpc) is 2.75. The van der Waals surface area contributed by atoms with E-state index in [1.807, 2.05) is 44.2 Å². The molecule has 0 unspecified atom stereocenters. The first-order valence-electron chi connectivity index (χ1n) is 11.2. The van der Waals surface area contributed by atoms with Crippen molar-refractivity contribution in [2.45, 2.75) is 65.3 Å². The van der Waals surface area contributed by atoms with Gasteiger partial charge in [0.25, 0.3) is 0 Å². The number of unbranched alkanes of at least 4 members (excludes halogenated alkanes) is 1. The molecule has 0 aromatic heterocycles. The molecule has 0 bridgehead atoms. The normalized spacial score (nSPS) is 11.7. The molecule has 0 heterocycles. The Morgan fingerprint density at radius 3 is 2.52 bits per heavy atom. The highest BCUT2D eigenvalue weighted by Gasteiger charge is 2.28. The Labute approximate surface area is 191 Å². The molecule has 0 fully saturated rings. The van der Waals surface area contributed by atoms with Crippen molar-refractivity contribution in [1.82, 2.24) is 10.2 Å². The fourth-order valence-corrected chi connectivity index (χ4v) is 4.52. The van der Waals surface area contributed by atoms with E-state index in [9.17, 15) is 9.59 Å². The molecule has 2 rings (SSSR count). The minimum atomic E-state index is -0.455. The van der Waals surface area contributed by atoms with Crippen molar-refractivity contribution in [3.05, 3.63) is 70.8 Å². The molecule has 31 heavy (non-hydrogen) atoms. The molecule has 0 spiro atoms. The number of rotatable bonds is 12. The summed E-state index contributed by atoms with van der Waals surface area (Å²) in [6.45, 7) is 9.31. The Hall–Kier alpha value is -2.27. The zero-order valence-electron chi connectivity index (χ0n) is 19.3. The lowest BCUT2D eigenvalue weighted by Crippen LogP contribution is -2.49. The highest BCUT2D eigenvalue weighted by molar-refractivity contribution is 7.99. The number of thioether (sulfide) groups is 1. The molecule has 168 valence electrons. The van der Waals surface area contributed by atoms with Gasteiger partial charge in [0.2, 0.25) is 11.8 Å². The second kappa shape index (κ2) is 13.2. The van der Waals surface area contributed by atoms with E-state index in [0.717, 1.165) is 29.7 Å². The van der Waals surface area contributed by atoms with Gasteiger partial charge in [0, 0.05) is 18.8 Å². The van der Waals surface area contributed by atoms with Gasteiger partial charge in [-0.2, -0.15) is 0 Å². The number of nitrogens with one attached hydrogen (secondary N) is 1. The van der Waals surface area contributed by atoms with E-state index >= 15 is 0 Å². The van der Waals surface area contributed by atoms with Crippen LogP contribution in [0.4, 0.5) is 0 Å². The summed E-state index contributed by atoms with van der Waals surface area (Å²) in [7, 11) is 0. The monoisotopic (exact) mass is 440 g/mol. The minimum absolute atomic E-state index is 0.0116. The fraction of sp³-hybridized carbons (Fsp3) is 0.462. The summed E-state index contributed by atoms with van der Waals surface area (Å²) in [4.78, 5) is 27.9. The molecule has 0 aliphatic rings. The molecule has 0 saturated carbocycles. The van der Waals surface area contributed by atoms with Crippen LogP contribution in [0.2, 0.25) is 0 Å². The van der Waals surface area contributed by atoms with Crippen molar-refractivity contribution in [1.29, 1.82) is 0 Å². The number of amides is 2. The van der Waals surface area contributed by atoms with Gasteiger partial charge in [-0.1, -0.05) is 74.4 Å². The molecule has 5 heteroatoms. The average molecular weight is 441 g/mol. The zero-order chi connectivity index (χ0) is 22.6. The second-order valence-electron chi connectivity index (χ2n) is 8.00. The third kappa shape index (κ3) is 8.06. The van der Waals surface area contributed by atoms with Gasteiger partial charge >= 0.3 is 0 Å². The van der Waals surface area contributed by atoms with Crippen LogP contribution in [0.1, 0.15) is 55.4 Å². The summed E-state index contributed by atoms with van der Waals surface area (Å²) in [5, 5.41) is 3.02.